The van der Waals surface area contributed by atoms with Crippen LogP contribution in [0, 0.1) is 46.3 Å². The van der Waals surface area contributed by atoms with Crippen molar-refractivity contribution in [3.63, 3.8) is 0 Å². The van der Waals surface area contributed by atoms with Crippen molar-refractivity contribution in [2.45, 2.75) is 123 Å². The second-order valence-corrected chi connectivity index (χ2v) is 13.6. The van der Waals surface area contributed by atoms with Crippen LogP contribution in [0.5, 0.6) is 0 Å². The summed E-state index contributed by atoms with van der Waals surface area (Å²) >= 11 is 0. The van der Waals surface area contributed by atoms with Gasteiger partial charge in [0.25, 0.3) is 0 Å². The van der Waals surface area contributed by atoms with E-state index in [1.54, 1.807) is 6.92 Å². The van der Waals surface area contributed by atoms with Crippen LogP contribution in [0.25, 0.3) is 0 Å². The summed E-state index contributed by atoms with van der Waals surface area (Å²) < 4.78 is 0. The number of hydrogen-bond acceptors (Lipinski definition) is 3. The van der Waals surface area contributed by atoms with Crippen molar-refractivity contribution in [3.8, 4) is 0 Å². The summed E-state index contributed by atoms with van der Waals surface area (Å²) in [5, 5.41) is 20.7. The first-order chi connectivity index (χ1) is 14.3. The van der Waals surface area contributed by atoms with Crippen molar-refractivity contribution < 1.29 is 15.0 Å². The summed E-state index contributed by atoms with van der Waals surface area (Å²) in [5.41, 5.74) is -1.10. The van der Waals surface area contributed by atoms with Gasteiger partial charge >= 0.3 is 0 Å². The van der Waals surface area contributed by atoms with E-state index in [4.69, 9.17) is 0 Å². The lowest BCUT2D eigenvalue weighted by Gasteiger charge is -2.61. The molecule has 3 nitrogen and oxygen atoms in total. The Morgan fingerprint density at radius 1 is 0.968 bits per heavy atom. The monoisotopic (exact) mass is 432 g/mol. The average molecular weight is 433 g/mol. The van der Waals surface area contributed by atoms with Gasteiger partial charge in [-0.3, -0.25) is 4.79 Å². The first-order valence-corrected chi connectivity index (χ1v) is 13.3. The lowest BCUT2D eigenvalue weighted by Crippen LogP contribution is -2.59. The van der Waals surface area contributed by atoms with Crippen molar-refractivity contribution in [2.24, 2.45) is 46.3 Å². The van der Waals surface area contributed by atoms with Crippen molar-refractivity contribution in [1.29, 1.82) is 0 Å². The standard InChI is InChI=1S/C28H48O3/c1-18(8-7-14-25(2,3)30)20-11-12-21-19-9-10-23-24(29)28(6,31)17-16-27(23,5)22(19)13-15-26(20,21)4/h18-23,30-31H,7-17H2,1-6H3/t18-,19+,20-,21+,22+,23+,26-,27-,28?/m1/s1. The molecule has 2 N–H and O–H groups in total. The number of fused-ring (bicyclic) bond motifs is 5. The van der Waals surface area contributed by atoms with Crippen LogP contribution in [-0.2, 0) is 4.79 Å². The van der Waals surface area contributed by atoms with Crippen LogP contribution < -0.4 is 0 Å². The number of Topliss-reactive ketones (excluding diaryl/α,β-unsaturated/α-hetero) is 1. The second kappa shape index (κ2) is 7.83. The van der Waals surface area contributed by atoms with Gasteiger partial charge in [-0.25, -0.2) is 0 Å². The zero-order chi connectivity index (χ0) is 22.8. The highest BCUT2D eigenvalue weighted by Crippen LogP contribution is 2.68. The second-order valence-electron chi connectivity index (χ2n) is 13.6. The van der Waals surface area contributed by atoms with Crippen molar-refractivity contribution >= 4 is 5.78 Å². The predicted octanol–water partition coefficient (Wildman–Crippen LogP) is 6.15. The van der Waals surface area contributed by atoms with Gasteiger partial charge in [0.2, 0.25) is 0 Å². The van der Waals surface area contributed by atoms with E-state index in [1.807, 2.05) is 13.8 Å². The quantitative estimate of drug-likeness (QED) is 0.547. The Hall–Kier alpha value is -0.410. The third-order valence-corrected chi connectivity index (χ3v) is 11.1. The Labute approximate surface area is 190 Å². The maximum absolute atomic E-state index is 13.1. The summed E-state index contributed by atoms with van der Waals surface area (Å²) in [4.78, 5) is 13.1. The van der Waals surface area contributed by atoms with Crippen LogP contribution in [0.3, 0.4) is 0 Å². The largest absolute Gasteiger partial charge is 0.390 e. The van der Waals surface area contributed by atoms with Gasteiger partial charge in [-0.05, 0) is 119 Å². The number of carbonyl (C=O) groups excluding carboxylic acids is 1. The van der Waals surface area contributed by atoms with Crippen LogP contribution in [0.4, 0.5) is 0 Å². The molecule has 0 spiro atoms. The fraction of sp³-hybridized carbons (Fsp3) is 0.964. The molecule has 4 aliphatic rings. The van der Waals surface area contributed by atoms with Gasteiger partial charge in [0.15, 0.2) is 5.78 Å². The molecule has 0 aliphatic heterocycles. The van der Waals surface area contributed by atoms with Gasteiger partial charge in [0.05, 0.1) is 5.60 Å². The molecule has 9 atom stereocenters. The lowest BCUT2D eigenvalue weighted by molar-refractivity contribution is -0.172. The average Bonchev–Trinajstić information content (AvgIpc) is 3.02. The van der Waals surface area contributed by atoms with E-state index >= 15 is 0 Å². The fourth-order valence-corrected chi connectivity index (χ4v) is 9.29. The Morgan fingerprint density at radius 2 is 1.65 bits per heavy atom. The normalized spacial score (nSPS) is 48.6. The Balaban J connectivity index is 1.48. The first kappa shape index (κ1) is 23.7. The van der Waals surface area contributed by atoms with Gasteiger partial charge in [-0.15, -0.1) is 0 Å². The molecule has 4 aliphatic carbocycles. The highest BCUT2D eigenvalue weighted by atomic mass is 16.3. The molecular weight excluding hydrogens is 384 g/mol. The summed E-state index contributed by atoms with van der Waals surface area (Å²) in [6, 6.07) is 0. The van der Waals surface area contributed by atoms with Gasteiger partial charge in [-0.2, -0.15) is 0 Å². The summed E-state index contributed by atoms with van der Waals surface area (Å²) in [5.74, 6) is 3.98. The highest BCUT2D eigenvalue weighted by molar-refractivity contribution is 5.90. The Morgan fingerprint density at radius 3 is 2.32 bits per heavy atom. The molecule has 4 saturated carbocycles. The van der Waals surface area contributed by atoms with E-state index in [0.717, 1.165) is 49.4 Å². The molecule has 0 radical (unpaired) electrons. The van der Waals surface area contributed by atoms with Crippen LogP contribution in [0.1, 0.15) is 112 Å². The van der Waals surface area contributed by atoms with Crippen LogP contribution in [0.15, 0.2) is 0 Å². The minimum Gasteiger partial charge on any atom is -0.390 e. The molecule has 0 heterocycles. The number of aliphatic hydroxyl groups is 2. The zero-order valence-electron chi connectivity index (χ0n) is 21.0. The van der Waals surface area contributed by atoms with Crippen LogP contribution in [0.2, 0.25) is 0 Å². The van der Waals surface area contributed by atoms with Crippen molar-refractivity contribution in [2.75, 3.05) is 0 Å². The third-order valence-electron chi connectivity index (χ3n) is 11.1. The molecule has 31 heavy (non-hydrogen) atoms. The summed E-state index contributed by atoms with van der Waals surface area (Å²) in [7, 11) is 0. The Kier molecular flexibility index (Phi) is 5.99. The third kappa shape index (κ3) is 3.94. The Bertz CT molecular complexity index is 691. The van der Waals surface area contributed by atoms with E-state index < -0.39 is 11.2 Å². The van der Waals surface area contributed by atoms with Crippen molar-refractivity contribution in [3.05, 3.63) is 0 Å². The molecular formula is C28H48O3. The molecule has 4 fully saturated rings. The van der Waals surface area contributed by atoms with Crippen molar-refractivity contribution in [1.82, 2.24) is 0 Å². The van der Waals surface area contributed by atoms with E-state index in [9.17, 15) is 15.0 Å². The SMILES string of the molecule is C[C@H](CCCC(C)(C)O)[C@H]1CC[C@H]2[C@@H]3CC[C@H]4C(=O)C(C)(O)CC[C@]4(C)[C@H]3CC[C@]12C. The molecule has 178 valence electrons. The smallest absolute Gasteiger partial charge is 0.167 e. The van der Waals surface area contributed by atoms with Gasteiger partial charge in [0.1, 0.15) is 5.60 Å². The van der Waals surface area contributed by atoms with Gasteiger partial charge in [-0.1, -0.05) is 33.6 Å². The molecule has 4 rings (SSSR count). The molecule has 1 unspecified atom stereocenters. The van der Waals surface area contributed by atoms with Crippen LogP contribution >= 0.6 is 0 Å². The van der Waals surface area contributed by atoms with Gasteiger partial charge < -0.3 is 10.2 Å². The molecule has 0 aromatic carbocycles. The number of rotatable bonds is 5. The number of carbonyl (C=O) groups is 1. The molecule has 0 amide bonds. The van der Waals surface area contributed by atoms with E-state index in [1.165, 1.54) is 38.5 Å². The predicted molar refractivity (Wildman–Crippen MR) is 126 cm³/mol. The van der Waals surface area contributed by atoms with E-state index in [-0.39, 0.29) is 17.1 Å². The highest BCUT2D eigenvalue weighted by Gasteiger charge is 2.63. The lowest BCUT2D eigenvalue weighted by atomic mass is 9.43. The molecule has 3 heteroatoms. The van der Waals surface area contributed by atoms with Gasteiger partial charge in [0, 0.05) is 5.92 Å². The number of ketones is 1. The first-order valence-electron chi connectivity index (χ1n) is 13.3. The summed E-state index contributed by atoms with van der Waals surface area (Å²) in [6.45, 7) is 13.1. The molecule has 0 saturated heterocycles. The maximum Gasteiger partial charge on any atom is 0.167 e. The summed E-state index contributed by atoms with van der Waals surface area (Å²) in [6.07, 6.45) is 12.4. The topological polar surface area (TPSA) is 57.5 Å². The van der Waals surface area contributed by atoms with E-state index in [0.29, 0.717) is 17.8 Å². The van der Waals surface area contributed by atoms with Crippen LogP contribution in [-0.4, -0.2) is 27.2 Å². The zero-order valence-corrected chi connectivity index (χ0v) is 21.0. The minimum absolute atomic E-state index is 0.0693. The minimum atomic E-state index is -1.10. The fourth-order valence-electron chi connectivity index (χ4n) is 9.29. The molecule has 0 aromatic rings. The molecule has 0 bridgehead atoms. The number of hydrogen-bond donors (Lipinski definition) is 2. The molecule has 0 aromatic heterocycles. The maximum atomic E-state index is 13.1. The van der Waals surface area contributed by atoms with E-state index in [2.05, 4.69) is 20.8 Å².